The molecule has 0 saturated heterocycles. The third kappa shape index (κ3) is 2.32. The number of ether oxygens (including phenoxy) is 1. The van der Waals surface area contributed by atoms with Crippen LogP contribution in [0.1, 0.15) is 5.69 Å². The molecule has 3 rings (SSSR count). The van der Waals surface area contributed by atoms with Crippen molar-refractivity contribution in [2.24, 2.45) is 0 Å². The number of thiazole rings is 1. The van der Waals surface area contributed by atoms with Crippen LogP contribution < -0.4 is 10.1 Å². The molecule has 4 nitrogen and oxygen atoms in total. The Bertz CT molecular complexity index is 733. The van der Waals surface area contributed by atoms with Crippen molar-refractivity contribution in [1.29, 1.82) is 0 Å². The van der Waals surface area contributed by atoms with Gasteiger partial charge in [-0.2, -0.15) is 4.98 Å². The second kappa shape index (κ2) is 5.52. The molecular formula is C13H11Cl2N3OS. The van der Waals surface area contributed by atoms with Crippen LogP contribution in [0, 0.1) is 0 Å². The van der Waals surface area contributed by atoms with Crippen LogP contribution in [-0.4, -0.2) is 16.5 Å². The summed E-state index contributed by atoms with van der Waals surface area (Å²) in [4.78, 5) is 5.29. The topological polar surface area (TPSA) is 38.6 Å². The van der Waals surface area contributed by atoms with E-state index < -0.39 is 0 Å². The van der Waals surface area contributed by atoms with Gasteiger partial charge in [0.05, 0.1) is 29.4 Å². The average Bonchev–Trinajstić information content (AvgIpc) is 2.99. The minimum Gasteiger partial charge on any atom is -0.480 e. The van der Waals surface area contributed by atoms with E-state index in [1.54, 1.807) is 30.6 Å². The van der Waals surface area contributed by atoms with Crippen molar-refractivity contribution < 1.29 is 4.74 Å². The minimum absolute atomic E-state index is 0.518. The summed E-state index contributed by atoms with van der Waals surface area (Å²) in [5.74, 6) is 0.604. The molecule has 2 heterocycles. The lowest BCUT2D eigenvalue weighted by Crippen LogP contribution is -2.04. The molecule has 0 atom stereocenters. The number of benzene rings is 1. The van der Waals surface area contributed by atoms with Gasteiger partial charge < -0.3 is 10.1 Å². The number of rotatable bonds is 4. The number of imidazole rings is 1. The fraction of sp³-hybridized carbons (Fsp3) is 0.154. The minimum atomic E-state index is 0.518. The van der Waals surface area contributed by atoms with E-state index in [0.29, 0.717) is 28.2 Å². The summed E-state index contributed by atoms with van der Waals surface area (Å²) in [7, 11) is 1.61. The zero-order valence-corrected chi connectivity index (χ0v) is 12.9. The van der Waals surface area contributed by atoms with Gasteiger partial charge in [-0.15, -0.1) is 11.3 Å². The van der Waals surface area contributed by atoms with Crippen molar-refractivity contribution in [3.63, 3.8) is 0 Å². The summed E-state index contributed by atoms with van der Waals surface area (Å²) >= 11 is 13.8. The van der Waals surface area contributed by atoms with Gasteiger partial charge in [-0.25, -0.2) is 0 Å². The maximum atomic E-state index is 6.14. The Morgan fingerprint density at radius 3 is 2.80 bits per heavy atom. The molecule has 0 bridgehead atoms. The number of halogens is 2. The van der Waals surface area contributed by atoms with E-state index in [9.17, 15) is 0 Å². The van der Waals surface area contributed by atoms with Gasteiger partial charge >= 0.3 is 0 Å². The molecule has 0 spiro atoms. The van der Waals surface area contributed by atoms with Gasteiger partial charge in [-0.3, -0.25) is 4.40 Å². The Hall–Kier alpha value is -1.43. The predicted molar refractivity (Wildman–Crippen MR) is 83.4 cm³/mol. The van der Waals surface area contributed by atoms with Crippen LogP contribution in [-0.2, 0) is 6.54 Å². The number of nitrogens with one attached hydrogen (secondary N) is 1. The van der Waals surface area contributed by atoms with Crippen LogP contribution in [0.4, 0.5) is 5.69 Å². The summed E-state index contributed by atoms with van der Waals surface area (Å²) < 4.78 is 7.29. The van der Waals surface area contributed by atoms with E-state index in [1.807, 2.05) is 22.0 Å². The lowest BCUT2D eigenvalue weighted by atomic mass is 10.3. The van der Waals surface area contributed by atoms with Crippen LogP contribution in [0.5, 0.6) is 5.88 Å². The molecule has 1 N–H and O–H groups in total. The zero-order chi connectivity index (χ0) is 14.1. The van der Waals surface area contributed by atoms with E-state index in [1.165, 1.54) is 0 Å². The molecule has 0 fully saturated rings. The second-order valence-corrected chi connectivity index (χ2v) is 5.76. The van der Waals surface area contributed by atoms with Crippen LogP contribution in [0.25, 0.3) is 4.96 Å². The number of hydrogen-bond acceptors (Lipinski definition) is 4. The van der Waals surface area contributed by atoms with Crippen LogP contribution >= 0.6 is 34.5 Å². The highest BCUT2D eigenvalue weighted by Crippen LogP contribution is 2.31. The van der Waals surface area contributed by atoms with Crippen molar-refractivity contribution in [3.05, 3.63) is 45.5 Å². The van der Waals surface area contributed by atoms with Crippen molar-refractivity contribution in [2.45, 2.75) is 6.54 Å². The molecule has 0 amide bonds. The summed E-state index contributed by atoms with van der Waals surface area (Å²) in [5, 5.41) is 6.39. The number of hydrogen-bond donors (Lipinski definition) is 1. The molecule has 0 aliphatic rings. The fourth-order valence-corrected chi connectivity index (χ4v) is 3.23. The largest absolute Gasteiger partial charge is 0.480 e. The predicted octanol–water partition coefficient (Wildman–Crippen LogP) is 4.32. The van der Waals surface area contributed by atoms with Crippen molar-refractivity contribution >= 4 is 45.2 Å². The van der Waals surface area contributed by atoms with Gasteiger partial charge in [-0.05, 0) is 12.1 Å². The van der Waals surface area contributed by atoms with E-state index in [4.69, 9.17) is 27.9 Å². The molecular weight excluding hydrogens is 317 g/mol. The van der Waals surface area contributed by atoms with E-state index in [0.717, 1.165) is 10.7 Å². The van der Waals surface area contributed by atoms with Crippen LogP contribution in [0.15, 0.2) is 29.8 Å². The number of anilines is 1. The molecule has 104 valence electrons. The third-order valence-electron chi connectivity index (χ3n) is 2.91. The molecule has 0 unspecified atom stereocenters. The summed E-state index contributed by atoms with van der Waals surface area (Å²) in [5.41, 5.74) is 1.64. The van der Waals surface area contributed by atoms with Crippen LogP contribution in [0.2, 0.25) is 10.0 Å². The van der Waals surface area contributed by atoms with Gasteiger partial charge in [0.15, 0.2) is 4.96 Å². The first-order valence-corrected chi connectivity index (χ1v) is 7.50. The SMILES string of the molecule is COc1nc2sccn2c1CNc1c(Cl)cccc1Cl. The summed E-state index contributed by atoms with van der Waals surface area (Å²) in [6.45, 7) is 0.518. The summed E-state index contributed by atoms with van der Waals surface area (Å²) in [6.07, 6.45) is 1.96. The molecule has 0 saturated carbocycles. The molecule has 0 aliphatic carbocycles. The Kier molecular flexibility index (Phi) is 3.74. The number of para-hydroxylation sites is 1. The van der Waals surface area contributed by atoms with Gasteiger partial charge in [0.1, 0.15) is 5.69 Å². The zero-order valence-electron chi connectivity index (χ0n) is 10.6. The first-order chi connectivity index (χ1) is 9.70. The monoisotopic (exact) mass is 327 g/mol. The quantitative estimate of drug-likeness (QED) is 0.775. The first kappa shape index (κ1) is 13.5. The van der Waals surface area contributed by atoms with Gasteiger partial charge in [0.2, 0.25) is 5.88 Å². The Balaban J connectivity index is 1.92. The van der Waals surface area contributed by atoms with E-state index in [-0.39, 0.29) is 0 Å². The van der Waals surface area contributed by atoms with Crippen molar-refractivity contribution in [2.75, 3.05) is 12.4 Å². The third-order valence-corrected chi connectivity index (χ3v) is 4.30. The molecule has 7 heteroatoms. The Labute approximate surface area is 129 Å². The number of methoxy groups -OCH3 is 1. The lowest BCUT2D eigenvalue weighted by Gasteiger charge is -2.10. The van der Waals surface area contributed by atoms with Gasteiger partial charge in [0.25, 0.3) is 0 Å². The normalized spacial score (nSPS) is 10.9. The van der Waals surface area contributed by atoms with E-state index in [2.05, 4.69) is 10.3 Å². The van der Waals surface area contributed by atoms with Crippen molar-refractivity contribution in [1.82, 2.24) is 9.38 Å². The standard InChI is InChI=1S/C13H11Cl2N3OS/c1-19-12-10(18-5-6-20-13(18)17-12)7-16-11-8(14)3-2-4-9(11)15/h2-6,16H,7H2,1H3. The summed E-state index contributed by atoms with van der Waals surface area (Å²) in [6, 6.07) is 5.40. The van der Waals surface area contributed by atoms with Gasteiger partial charge in [-0.1, -0.05) is 29.3 Å². The molecule has 2 aromatic heterocycles. The average molecular weight is 328 g/mol. The highest BCUT2D eigenvalue weighted by molar-refractivity contribution is 7.15. The second-order valence-electron chi connectivity index (χ2n) is 4.07. The first-order valence-electron chi connectivity index (χ1n) is 5.87. The fourth-order valence-electron chi connectivity index (χ4n) is 1.98. The van der Waals surface area contributed by atoms with Crippen molar-refractivity contribution in [3.8, 4) is 5.88 Å². The molecule has 0 aliphatic heterocycles. The number of fused-ring (bicyclic) bond motifs is 1. The van der Waals surface area contributed by atoms with Crippen LogP contribution in [0.3, 0.4) is 0 Å². The lowest BCUT2D eigenvalue weighted by molar-refractivity contribution is 0.395. The number of aromatic nitrogens is 2. The molecule has 3 aromatic rings. The molecule has 1 aromatic carbocycles. The molecule has 20 heavy (non-hydrogen) atoms. The highest BCUT2D eigenvalue weighted by Gasteiger charge is 2.14. The maximum Gasteiger partial charge on any atom is 0.238 e. The highest BCUT2D eigenvalue weighted by atomic mass is 35.5. The Morgan fingerprint density at radius 1 is 1.35 bits per heavy atom. The Morgan fingerprint density at radius 2 is 2.10 bits per heavy atom. The smallest absolute Gasteiger partial charge is 0.238 e. The number of nitrogens with zero attached hydrogens (tertiary/aromatic N) is 2. The van der Waals surface area contributed by atoms with E-state index >= 15 is 0 Å². The van der Waals surface area contributed by atoms with Gasteiger partial charge in [0, 0.05) is 11.6 Å². The maximum absolute atomic E-state index is 6.14. The molecule has 0 radical (unpaired) electrons.